The lowest BCUT2D eigenvalue weighted by molar-refractivity contribution is 0.414. The van der Waals surface area contributed by atoms with Crippen molar-refractivity contribution >= 4 is 11.4 Å². The van der Waals surface area contributed by atoms with Crippen LogP contribution in [0.3, 0.4) is 0 Å². The van der Waals surface area contributed by atoms with E-state index in [9.17, 15) is 0 Å². The minimum Gasteiger partial charge on any atom is -0.497 e. The third-order valence-corrected chi connectivity index (χ3v) is 5.39. The molecule has 5 heteroatoms. The minimum absolute atomic E-state index is 0.0858. The Morgan fingerprint density at radius 3 is 1.24 bits per heavy atom. The second kappa shape index (κ2) is 8.35. The fraction of sp³-hybridized carbons (Fsp3) is 0.250. The zero-order chi connectivity index (χ0) is 20.2. The molecular weight excluding hydrogens is 364 g/mol. The van der Waals surface area contributed by atoms with Gasteiger partial charge >= 0.3 is 0 Å². The summed E-state index contributed by atoms with van der Waals surface area (Å²) >= 11 is 0. The van der Waals surface area contributed by atoms with Crippen LogP contribution >= 0.6 is 0 Å². The van der Waals surface area contributed by atoms with Gasteiger partial charge in [-0.1, -0.05) is 12.1 Å². The van der Waals surface area contributed by atoms with E-state index in [0.717, 1.165) is 30.3 Å². The van der Waals surface area contributed by atoms with Crippen molar-refractivity contribution in [1.82, 2.24) is 0 Å². The van der Waals surface area contributed by atoms with E-state index in [1.54, 1.807) is 21.3 Å². The Kier molecular flexibility index (Phi) is 5.47. The quantitative estimate of drug-likeness (QED) is 0.607. The fourth-order valence-electron chi connectivity index (χ4n) is 3.85. The highest BCUT2D eigenvalue weighted by molar-refractivity contribution is 5.60. The molecule has 0 saturated carbocycles. The van der Waals surface area contributed by atoms with Gasteiger partial charge in [0.1, 0.15) is 23.4 Å². The summed E-state index contributed by atoms with van der Waals surface area (Å²) in [4.78, 5) is 4.84. The predicted molar refractivity (Wildman–Crippen MR) is 116 cm³/mol. The molecule has 3 aromatic rings. The van der Waals surface area contributed by atoms with E-state index >= 15 is 0 Å². The average molecular weight is 390 g/mol. The molecule has 1 heterocycles. The first-order valence-electron chi connectivity index (χ1n) is 9.69. The highest BCUT2D eigenvalue weighted by Crippen LogP contribution is 2.39. The third kappa shape index (κ3) is 3.81. The molecule has 150 valence electrons. The smallest absolute Gasteiger partial charge is 0.128 e. The molecule has 3 aromatic carbocycles. The van der Waals surface area contributed by atoms with Gasteiger partial charge in [-0.3, -0.25) is 0 Å². The second-order valence-corrected chi connectivity index (χ2v) is 6.93. The van der Waals surface area contributed by atoms with E-state index in [4.69, 9.17) is 14.2 Å². The van der Waals surface area contributed by atoms with Crippen molar-refractivity contribution < 1.29 is 14.2 Å². The molecule has 0 bridgehead atoms. The first-order chi connectivity index (χ1) is 14.2. The van der Waals surface area contributed by atoms with E-state index in [1.165, 1.54) is 16.9 Å². The van der Waals surface area contributed by atoms with Crippen LogP contribution in [0, 0.1) is 0 Å². The summed E-state index contributed by atoms with van der Waals surface area (Å²) in [6, 6.07) is 24.8. The van der Waals surface area contributed by atoms with Gasteiger partial charge in [-0.25, -0.2) is 0 Å². The van der Waals surface area contributed by atoms with Gasteiger partial charge < -0.3 is 24.0 Å². The van der Waals surface area contributed by atoms with Crippen molar-refractivity contribution in [3.63, 3.8) is 0 Å². The molecular formula is C24H26N2O3. The number of benzene rings is 3. The number of nitrogens with zero attached hydrogens (tertiary/aromatic N) is 2. The molecule has 0 radical (unpaired) electrons. The molecule has 1 fully saturated rings. The van der Waals surface area contributed by atoms with E-state index in [1.807, 2.05) is 36.4 Å². The molecule has 0 aliphatic carbocycles. The number of anilines is 2. The van der Waals surface area contributed by atoms with Gasteiger partial charge in [0.25, 0.3) is 0 Å². The predicted octanol–water partition coefficient (Wildman–Crippen LogP) is 4.74. The van der Waals surface area contributed by atoms with Crippen LogP contribution in [0.5, 0.6) is 17.2 Å². The van der Waals surface area contributed by atoms with E-state index in [2.05, 4.69) is 46.2 Å². The van der Waals surface area contributed by atoms with Crippen molar-refractivity contribution in [3.05, 3.63) is 78.4 Å². The molecule has 0 amide bonds. The molecule has 29 heavy (non-hydrogen) atoms. The molecule has 0 atom stereocenters. The zero-order valence-corrected chi connectivity index (χ0v) is 17.0. The fourth-order valence-corrected chi connectivity index (χ4v) is 3.85. The molecule has 0 aromatic heterocycles. The van der Waals surface area contributed by atoms with Gasteiger partial charge in [0.05, 0.1) is 21.3 Å². The van der Waals surface area contributed by atoms with Crippen LogP contribution in [0.1, 0.15) is 11.7 Å². The van der Waals surface area contributed by atoms with Gasteiger partial charge in [-0.05, 0) is 66.2 Å². The Hall–Kier alpha value is -3.34. The summed E-state index contributed by atoms with van der Waals surface area (Å²) in [6.07, 6.45) is 0.0858. The SMILES string of the molecule is COc1ccc(C2N(c3ccc(OC)cc3)CCN2c2ccc(OC)cc2)cc1. The van der Waals surface area contributed by atoms with Crippen LogP contribution in [0.4, 0.5) is 11.4 Å². The van der Waals surface area contributed by atoms with Crippen LogP contribution in [0.2, 0.25) is 0 Å². The summed E-state index contributed by atoms with van der Waals surface area (Å²) < 4.78 is 16.0. The Morgan fingerprint density at radius 2 is 0.897 bits per heavy atom. The van der Waals surface area contributed by atoms with Crippen LogP contribution in [0.15, 0.2) is 72.8 Å². The first-order valence-corrected chi connectivity index (χ1v) is 9.69. The molecule has 5 nitrogen and oxygen atoms in total. The van der Waals surface area contributed by atoms with Crippen LogP contribution in [0.25, 0.3) is 0 Å². The molecule has 1 saturated heterocycles. The minimum atomic E-state index is 0.0858. The molecule has 1 aliphatic heterocycles. The summed E-state index contributed by atoms with van der Waals surface area (Å²) in [5.74, 6) is 2.58. The Balaban J connectivity index is 1.71. The molecule has 1 aliphatic rings. The Bertz CT molecular complexity index is 868. The maximum absolute atomic E-state index is 5.35. The Labute approximate surface area is 172 Å². The number of ether oxygens (including phenoxy) is 3. The molecule has 0 N–H and O–H groups in total. The number of hydrogen-bond acceptors (Lipinski definition) is 5. The van der Waals surface area contributed by atoms with Crippen molar-refractivity contribution in [2.24, 2.45) is 0 Å². The zero-order valence-electron chi connectivity index (χ0n) is 17.0. The maximum atomic E-state index is 5.35. The van der Waals surface area contributed by atoms with Gasteiger partial charge in [-0.2, -0.15) is 0 Å². The van der Waals surface area contributed by atoms with Gasteiger partial charge in [-0.15, -0.1) is 0 Å². The first kappa shape index (κ1) is 19.0. The second-order valence-electron chi connectivity index (χ2n) is 6.93. The van der Waals surface area contributed by atoms with E-state index in [-0.39, 0.29) is 6.17 Å². The van der Waals surface area contributed by atoms with Gasteiger partial charge in [0.15, 0.2) is 0 Å². The topological polar surface area (TPSA) is 34.2 Å². The van der Waals surface area contributed by atoms with Crippen molar-refractivity contribution in [3.8, 4) is 17.2 Å². The number of methoxy groups -OCH3 is 3. The molecule has 0 unspecified atom stereocenters. The number of rotatable bonds is 6. The van der Waals surface area contributed by atoms with E-state index in [0.29, 0.717) is 0 Å². The van der Waals surface area contributed by atoms with E-state index < -0.39 is 0 Å². The van der Waals surface area contributed by atoms with Crippen LogP contribution in [-0.4, -0.2) is 34.4 Å². The molecule has 0 spiro atoms. The van der Waals surface area contributed by atoms with Crippen LogP contribution in [-0.2, 0) is 0 Å². The lowest BCUT2D eigenvalue weighted by Crippen LogP contribution is -2.30. The standard InChI is InChI=1S/C24H26N2O3/c1-27-21-10-4-18(5-11-21)24-25(19-6-12-22(28-2)13-7-19)16-17-26(24)20-8-14-23(29-3)15-9-20/h4-15,24H,16-17H2,1-3H3. The van der Waals surface area contributed by atoms with Crippen molar-refractivity contribution in [2.45, 2.75) is 6.17 Å². The van der Waals surface area contributed by atoms with Gasteiger partial charge in [0.2, 0.25) is 0 Å². The average Bonchev–Trinajstić information content (AvgIpc) is 3.24. The largest absolute Gasteiger partial charge is 0.497 e. The highest BCUT2D eigenvalue weighted by atomic mass is 16.5. The summed E-state index contributed by atoms with van der Waals surface area (Å²) in [5.41, 5.74) is 3.56. The van der Waals surface area contributed by atoms with Crippen molar-refractivity contribution in [1.29, 1.82) is 0 Å². The highest BCUT2D eigenvalue weighted by Gasteiger charge is 2.33. The van der Waals surface area contributed by atoms with Gasteiger partial charge in [0, 0.05) is 24.5 Å². The van der Waals surface area contributed by atoms with Crippen LogP contribution < -0.4 is 24.0 Å². The maximum Gasteiger partial charge on any atom is 0.128 e. The monoisotopic (exact) mass is 390 g/mol. The lowest BCUT2D eigenvalue weighted by atomic mass is 10.1. The Morgan fingerprint density at radius 1 is 0.552 bits per heavy atom. The van der Waals surface area contributed by atoms with Crippen molar-refractivity contribution in [2.75, 3.05) is 44.2 Å². The normalized spacial score (nSPS) is 14.2. The summed E-state index contributed by atoms with van der Waals surface area (Å²) in [5, 5.41) is 0. The lowest BCUT2D eigenvalue weighted by Gasteiger charge is -2.33. The third-order valence-electron chi connectivity index (χ3n) is 5.39. The number of hydrogen-bond donors (Lipinski definition) is 0. The summed E-state index contributed by atoms with van der Waals surface area (Å²) in [6.45, 7) is 1.85. The summed E-state index contributed by atoms with van der Waals surface area (Å²) in [7, 11) is 5.07. The molecule has 4 rings (SSSR count).